The minimum atomic E-state index is -1.11. The fraction of sp³-hybridized carbons (Fsp3) is 0.920. The zero-order valence-corrected chi connectivity index (χ0v) is 19.7. The quantitative estimate of drug-likeness (QED) is 0.657. The molecular formula is C25H40O6. The van der Waals surface area contributed by atoms with Gasteiger partial charge in [0.15, 0.2) is 0 Å². The molecule has 4 aliphatic rings. The van der Waals surface area contributed by atoms with Gasteiger partial charge in [-0.3, -0.25) is 9.59 Å². The Labute approximate surface area is 186 Å². The highest BCUT2D eigenvalue weighted by molar-refractivity contribution is 5.66. The van der Waals surface area contributed by atoms with Crippen molar-refractivity contribution >= 4 is 11.9 Å². The topological polar surface area (TPSA) is 93.1 Å². The molecule has 0 aromatic rings. The molecule has 6 nitrogen and oxygen atoms in total. The number of carbonyl (C=O) groups excluding carboxylic acids is 2. The Kier molecular flexibility index (Phi) is 5.74. The van der Waals surface area contributed by atoms with Crippen LogP contribution in [0.4, 0.5) is 0 Å². The summed E-state index contributed by atoms with van der Waals surface area (Å²) in [5.74, 6) is 0.745. The van der Waals surface area contributed by atoms with Crippen molar-refractivity contribution in [1.82, 2.24) is 0 Å². The van der Waals surface area contributed by atoms with Crippen molar-refractivity contribution in [2.75, 3.05) is 0 Å². The lowest BCUT2D eigenvalue weighted by atomic mass is 9.43. The third-order valence-electron chi connectivity index (χ3n) is 10.1. The van der Waals surface area contributed by atoms with Crippen LogP contribution in [0.3, 0.4) is 0 Å². The summed E-state index contributed by atoms with van der Waals surface area (Å²) in [6.45, 7) is 9.11. The fourth-order valence-electron chi connectivity index (χ4n) is 8.74. The summed E-state index contributed by atoms with van der Waals surface area (Å²) in [6.07, 6.45) is 5.80. The Hall–Kier alpha value is -1.14. The molecular weight excluding hydrogens is 396 g/mol. The van der Waals surface area contributed by atoms with Gasteiger partial charge in [-0.25, -0.2) is 0 Å². The van der Waals surface area contributed by atoms with Crippen molar-refractivity contribution < 1.29 is 29.3 Å². The van der Waals surface area contributed by atoms with Crippen LogP contribution in [0.2, 0.25) is 0 Å². The van der Waals surface area contributed by atoms with Gasteiger partial charge >= 0.3 is 11.9 Å². The SMILES string of the molecule is CC(=O)O[C@@H]1CC[C@@]2(C)[C@H](CC[C@@H]3[C@H]2[C@H](O)C[C@]2(C)[C@@H]3CC[C@@]2(O)[C@@H](C)OC(C)=O)C1. The molecule has 4 aliphatic carbocycles. The van der Waals surface area contributed by atoms with Crippen molar-refractivity contribution in [3.8, 4) is 0 Å². The van der Waals surface area contributed by atoms with Gasteiger partial charge in [-0.2, -0.15) is 0 Å². The minimum absolute atomic E-state index is 0.000671. The van der Waals surface area contributed by atoms with E-state index in [1.165, 1.54) is 13.8 Å². The smallest absolute Gasteiger partial charge is 0.302 e. The molecule has 0 aliphatic heterocycles. The van der Waals surface area contributed by atoms with Crippen LogP contribution >= 0.6 is 0 Å². The van der Waals surface area contributed by atoms with Crippen molar-refractivity contribution in [2.45, 2.75) is 110 Å². The summed E-state index contributed by atoms with van der Waals surface area (Å²) < 4.78 is 11.0. The predicted octanol–water partition coefficient (Wildman–Crippen LogP) is 3.61. The van der Waals surface area contributed by atoms with Gasteiger partial charge in [0.05, 0.1) is 6.10 Å². The summed E-state index contributed by atoms with van der Waals surface area (Å²) in [7, 11) is 0. The molecule has 0 aromatic heterocycles. The van der Waals surface area contributed by atoms with Gasteiger partial charge < -0.3 is 19.7 Å². The summed E-state index contributed by atoms with van der Waals surface area (Å²) in [4.78, 5) is 23.0. The molecule has 31 heavy (non-hydrogen) atoms. The van der Waals surface area contributed by atoms with E-state index in [0.717, 1.165) is 38.5 Å². The van der Waals surface area contributed by atoms with E-state index in [9.17, 15) is 19.8 Å². The van der Waals surface area contributed by atoms with E-state index < -0.39 is 23.2 Å². The van der Waals surface area contributed by atoms with Crippen LogP contribution in [0.25, 0.3) is 0 Å². The van der Waals surface area contributed by atoms with Crippen LogP contribution in [-0.2, 0) is 19.1 Å². The van der Waals surface area contributed by atoms with Gasteiger partial charge in [0.2, 0.25) is 0 Å². The molecule has 0 spiro atoms. The highest BCUT2D eigenvalue weighted by Crippen LogP contribution is 2.68. The maximum Gasteiger partial charge on any atom is 0.302 e. The molecule has 10 atom stereocenters. The average molecular weight is 437 g/mol. The first-order valence-electron chi connectivity index (χ1n) is 12.2. The van der Waals surface area contributed by atoms with Gasteiger partial charge in [0.1, 0.15) is 17.8 Å². The van der Waals surface area contributed by atoms with Gasteiger partial charge in [-0.05, 0) is 87.4 Å². The van der Waals surface area contributed by atoms with Gasteiger partial charge in [0.25, 0.3) is 0 Å². The normalized spacial score (nSPS) is 49.9. The van der Waals surface area contributed by atoms with Crippen molar-refractivity contribution in [2.24, 2.45) is 34.5 Å². The van der Waals surface area contributed by atoms with Crippen LogP contribution in [0.5, 0.6) is 0 Å². The first-order chi connectivity index (χ1) is 14.4. The molecule has 0 saturated heterocycles. The highest BCUT2D eigenvalue weighted by atomic mass is 16.6. The fourth-order valence-corrected chi connectivity index (χ4v) is 8.74. The maximum absolute atomic E-state index is 11.7. The first-order valence-corrected chi connectivity index (χ1v) is 12.2. The molecule has 2 N–H and O–H groups in total. The number of ether oxygens (including phenoxy) is 2. The first kappa shape index (κ1) is 23.0. The molecule has 0 unspecified atom stereocenters. The monoisotopic (exact) mass is 436 g/mol. The summed E-state index contributed by atoms with van der Waals surface area (Å²) in [6, 6.07) is 0. The lowest BCUT2D eigenvalue weighted by Gasteiger charge is -2.63. The van der Waals surface area contributed by atoms with Crippen LogP contribution in [0.15, 0.2) is 0 Å². The van der Waals surface area contributed by atoms with E-state index in [0.29, 0.717) is 30.6 Å². The van der Waals surface area contributed by atoms with E-state index in [2.05, 4.69) is 13.8 Å². The molecule has 4 rings (SSSR count). The van der Waals surface area contributed by atoms with E-state index in [-0.39, 0.29) is 29.4 Å². The predicted molar refractivity (Wildman–Crippen MR) is 115 cm³/mol. The van der Waals surface area contributed by atoms with Crippen LogP contribution in [0.1, 0.15) is 86.0 Å². The van der Waals surface area contributed by atoms with Gasteiger partial charge in [-0.1, -0.05) is 13.8 Å². The lowest BCUT2D eigenvalue weighted by Crippen LogP contribution is -2.63. The maximum atomic E-state index is 11.7. The Morgan fingerprint density at radius 2 is 1.74 bits per heavy atom. The zero-order chi connectivity index (χ0) is 22.8. The molecule has 0 heterocycles. The molecule has 176 valence electrons. The van der Waals surface area contributed by atoms with E-state index in [4.69, 9.17) is 9.47 Å². The second kappa shape index (κ2) is 7.72. The largest absolute Gasteiger partial charge is 0.463 e. The number of esters is 2. The van der Waals surface area contributed by atoms with E-state index in [1.54, 1.807) is 6.92 Å². The van der Waals surface area contributed by atoms with Crippen molar-refractivity contribution in [1.29, 1.82) is 0 Å². The Morgan fingerprint density at radius 3 is 2.39 bits per heavy atom. The molecule has 6 heteroatoms. The number of aliphatic hydroxyl groups is 2. The third kappa shape index (κ3) is 3.43. The molecule has 4 saturated carbocycles. The van der Waals surface area contributed by atoms with Gasteiger partial charge in [-0.15, -0.1) is 0 Å². The van der Waals surface area contributed by atoms with Gasteiger partial charge in [0, 0.05) is 19.3 Å². The lowest BCUT2D eigenvalue weighted by molar-refractivity contribution is -0.224. The third-order valence-corrected chi connectivity index (χ3v) is 10.1. The molecule has 0 bridgehead atoms. The number of carbonyl (C=O) groups is 2. The average Bonchev–Trinajstić information content (AvgIpc) is 2.92. The Balaban J connectivity index is 1.59. The second-order valence-electron chi connectivity index (χ2n) is 11.5. The van der Waals surface area contributed by atoms with E-state index >= 15 is 0 Å². The standard InChI is InChI=1S/C25H40O6/c1-14(30-15(2)26)25(29)11-9-20-19-7-6-17-12-18(31-16(3)27)8-10-23(17,4)22(19)21(28)13-24(20,25)5/h14,17-22,28-29H,6-13H2,1-5H3/t14-,17-,18-,19+,20-,21-,22+,23+,24-,25-/m1/s1. The van der Waals surface area contributed by atoms with Crippen molar-refractivity contribution in [3.63, 3.8) is 0 Å². The molecule has 0 aromatic carbocycles. The van der Waals surface area contributed by atoms with Crippen LogP contribution in [-0.4, -0.2) is 46.1 Å². The van der Waals surface area contributed by atoms with Crippen LogP contribution < -0.4 is 0 Å². The number of hydrogen-bond acceptors (Lipinski definition) is 6. The second-order valence-corrected chi connectivity index (χ2v) is 11.5. The van der Waals surface area contributed by atoms with E-state index in [1.807, 2.05) is 0 Å². The Bertz CT molecular complexity index is 738. The number of rotatable bonds is 3. The number of hydrogen-bond donors (Lipinski definition) is 2. The highest BCUT2D eigenvalue weighted by Gasteiger charge is 2.68. The Morgan fingerprint density at radius 1 is 1.03 bits per heavy atom. The summed E-state index contributed by atoms with van der Waals surface area (Å²) in [5, 5.41) is 23.3. The molecule has 0 radical (unpaired) electrons. The summed E-state index contributed by atoms with van der Waals surface area (Å²) in [5.41, 5.74) is -1.55. The zero-order valence-electron chi connectivity index (χ0n) is 19.7. The van der Waals surface area contributed by atoms with Crippen molar-refractivity contribution in [3.05, 3.63) is 0 Å². The number of fused-ring (bicyclic) bond motifs is 5. The molecule has 4 fully saturated rings. The summed E-state index contributed by atoms with van der Waals surface area (Å²) >= 11 is 0. The number of aliphatic hydroxyl groups excluding tert-OH is 1. The minimum Gasteiger partial charge on any atom is -0.463 e. The molecule has 0 amide bonds. The van der Waals surface area contributed by atoms with Crippen LogP contribution in [0, 0.1) is 34.5 Å².